The first-order valence-electron chi connectivity index (χ1n) is 11.1. The minimum Gasteiger partial charge on any atom is -0.489 e. The number of hydrogen-bond donors (Lipinski definition) is 0. The number of likely N-dealkylation sites (tertiary alicyclic amines) is 1. The first kappa shape index (κ1) is 21.4. The molecule has 0 saturated carbocycles. The largest absolute Gasteiger partial charge is 0.489 e. The topological polar surface area (TPSA) is 59.1 Å². The fourth-order valence-corrected chi connectivity index (χ4v) is 4.40. The lowest BCUT2D eigenvalue weighted by molar-refractivity contribution is -0.150. The predicted molar refractivity (Wildman–Crippen MR) is 119 cm³/mol. The third-order valence-corrected chi connectivity index (χ3v) is 5.98. The second-order valence-corrected chi connectivity index (χ2v) is 8.19. The highest BCUT2D eigenvalue weighted by Crippen LogP contribution is 2.32. The lowest BCUT2D eigenvalue weighted by atomic mass is 9.98. The van der Waals surface area contributed by atoms with Gasteiger partial charge in [0.15, 0.2) is 0 Å². The summed E-state index contributed by atoms with van der Waals surface area (Å²) in [6.07, 6.45) is 2.58. The molecule has 164 valence electrons. The van der Waals surface area contributed by atoms with Crippen molar-refractivity contribution in [3.63, 3.8) is 0 Å². The van der Waals surface area contributed by atoms with E-state index in [0.717, 1.165) is 48.4 Å². The standard InChI is InChI=1S/C25H30N2O4/c1-2-30-25(29)21-9-6-13-26(16-21)17-24(28)27-14-12-20-15-22(10-11-23(20)27)31-18-19-7-4-3-5-8-19/h3-5,7-8,10-11,15,21H,2,6,9,12-14,16-18H2,1H3/t21-/m1/s1. The van der Waals surface area contributed by atoms with Gasteiger partial charge in [0, 0.05) is 18.8 Å². The molecular weight excluding hydrogens is 392 g/mol. The Morgan fingerprint density at radius 2 is 1.94 bits per heavy atom. The van der Waals surface area contributed by atoms with Crippen LogP contribution in [0, 0.1) is 5.92 Å². The lowest BCUT2D eigenvalue weighted by Crippen LogP contribution is -2.45. The highest BCUT2D eigenvalue weighted by molar-refractivity contribution is 5.97. The van der Waals surface area contributed by atoms with E-state index in [9.17, 15) is 9.59 Å². The van der Waals surface area contributed by atoms with E-state index in [1.165, 1.54) is 0 Å². The number of fused-ring (bicyclic) bond motifs is 1. The van der Waals surface area contributed by atoms with Gasteiger partial charge in [0.25, 0.3) is 0 Å². The van der Waals surface area contributed by atoms with E-state index in [0.29, 0.717) is 32.8 Å². The van der Waals surface area contributed by atoms with Gasteiger partial charge in [-0.3, -0.25) is 14.5 Å². The molecule has 6 heteroatoms. The van der Waals surface area contributed by atoms with E-state index in [4.69, 9.17) is 9.47 Å². The first-order valence-corrected chi connectivity index (χ1v) is 11.1. The zero-order valence-electron chi connectivity index (χ0n) is 18.1. The third-order valence-electron chi connectivity index (χ3n) is 5.98. The average Bonchev–Trinajstić information content (AvgIpc) is 3.22. The van der Waals surface area contributed by atoms with E-state index >= 15 is 0 Å². The first-order chi connectivity index (χ1) is 15.1. The van der Waals surface area contributed by atoms with Gasteiger partial charge in [-0.2, -0.15) is 0 Å². The Morgan fingerprint density at radius 1 is 1.10 bits per heavy atom. The molecule has 1 fully saturated rings. The van der Waals surface area contributed by atoms with E-state index < -0.39 is 0 Å². The highest BCUT2D eigenvalue weighted by Gasteiger charge is 2.31. The van der Waals surface area contributed by atoms with Crippen molar-refractivity contribution in [2.75, 3.05) is 37.7 Å². The minimum absolute atomic E-state index is 0.0845. The summed E-state index contributed by atoms with van der Waals surface area (Å²) >= 11 is 0. The number of carbonyl (C=O) groups excluding carboxylic acids is 2. The second kappa shape index (κ2) is 9.96. The summed E-state index contributed by atoms with van der Waals surface area (Å²) in [6.45, 7) is 5.21. The minimum atomic E-state index is -0.144. The fourth-order valence-electron chi connectivity index (χ4n) is 4.40. The maximum atomic E-state index is 13.0. The number of nitrogens with zero attached hydrogens (tertiary/aromatic N) is 2. The molecule has 1 amide bonds. The molecule has 31 heavy (non-hydrogen) atoms. The van der Waals surface area contributed by atoms with Crippen molar-refractivity contribution < 1.29 is 19.1 Å². The number of piperidine rings is 1. The Kier molecular flexibility index (Phi) is 6.87. The zero-order chi connectivity index (χ0) is 21.6. The summed E-state index contributed by atoms with van der Waals surface area (Å²) in [5, 5.41) is 0. The number of ether oxygens (including phenoxy) is 2. The summed E-state index contributed by atoms with van der Waals surface area (Å²) in [6, 6.07) is 16.0. The Morgan fingerprint density at radius 3 is 2.74 bits per heavy atom. The summed E-state index contributed by atoms with van der Waals surface area (Å²) in [7, 11) is 0. The van der Waals surface area contributed by atoms with E-state index in [1.807, 2.05) is 60.4 Å². The van der Waals surface area contributed by atoms with E-state index in [2.05, 4.69) is 4.90 Å². The van der Waals surface area contributed by atoms with E-state index in [-0.39, 0.29) is 17.8 Å². The number of carbonyl (C=O) groups is 2. The van der Waals surface area contributed by atoms with Crippen molar-refractivity contribution in [3.05, 3.63) is 59.7 Å². The van der Waals surface area contributed by atoms with Gasteiger partial charge in [-0.25, -0.2) is 0 Å². The molecule has 0 spiro atoms. The number of benzene rings is 2. The van der Waals surface area contributed by atoms with Gasteiger partial charge in [0.2, 0.25) is 5.91 Å². The number of esters is 1. The van der Waals surface area contributed by atoms with Crippen LogP contribution in [-0.2, 0) is 27.4 Å². The molecule has 2 aliphatic rings. The molecule has 0 bridgehead atoms. The molecule has 1 atom stereocenters. The van der Waals surface area contributed by atoms with Crippen LogP contribution in [0.2, 0.25) is 0 Å². The third kappa shape index (κ3) is 5.25. The summed E-state index contributed by atoms with van der Waals surface area (Å²) in [5.74, 6) is 0.636. The SMILES string of the molecule is CCOC(=O)[C@@H]1CCCN(CC(=O)N2CCc3cc(OCc4ccccc4)ccc32)C1. The molecule has 4 rings (SSSR count). The van der Waals surface area contributed by atoms with Gasteiger partial charge in [-0.15, -0.1) is 0 Å². The summed E-state index contributed by atoms with van der Waals surface area (Å²) < 4.78 is 11.1. The van der Waals surface area contributed by atoms with Gasteiger partial charge < -0.3 is 14.4 Å². The van der Waals surface area contributed by atoms with Crippen molar-refractivity contribution in [2.24, 2.45) is 5.92 Å². The maximum Gasteiger partial charge on any atom is 0.310 e. The van der Waals surface area contributed by atoms with Crippen LogP contribution in [-0.4, -0.2) is 49.6 Å². The smallest absolute Gasteiger partial charge is 0.310 e. The van der Waals surface area contributed by atoms with Crippen LogP contribution in [0.5, 0.6) is 5.75 Å². The maximum absolute atomic E-state index is 13.0. The molecule has 0 aliphatic carbocycles. The highest BCUT2D eigenvalue weighted by atomic mass is 16.5. The monoisotopic (exact) mass is 422 g/mol. The Hall–Kier alpha value is -2.86. The molecule has 2 aromatic rings. The Bertz CT molecular complexity index is 915. The van der Waals surface area contributed by atoms with Crippen LogP contribution in [0.3, 0.4) is 0 Å². The van der Waals surface area contributed by atoms with E-state index in [1.54, 1.807) is 0 Å². The number of anilines is 1. The quantitative estimate of drug-likeness (QED) is 0.640. The summed E-state index contributed by atoms with van der Waals surface area (Å²) in [4.78, 5) is 29.0. The molecule has 0 radical (unpaired) electrons. The van der Waals surface area contributed by atoms with Gasteiger partial charge in [0.1, 0.15) is 12.4 Å². The lowest BCUT2D eigenvalue weighted by Gasteiger charge is -2.32. The van der Waals surface area contributed by atoms with Gasteiger partial charge >= 0.3 is 5.97 Å². The van der Waals surface area contributed by atoms with Crippen LogP contribution in [0.1, 0.15) is 30.9 Å². The molecule has 0 unspecified atom stereocenters. The predicted octanol–water partition coefficient (Wildman–Crippen LogP) is 3.43. The number of rotatable bonds is 7. The van der Waals surface area contributed by atoms with Gasteiger partial charge in [0.05, 0.1) is 19.1 Å². The van der Waals surface area contributed by atoms with Crippen molar-refractivity contribution in [1.82, 2.24) is 4.90 Å². The van der Waals surface area contributed by atoms with Gasteiger partial charge in [-0.1, -0.05) is 30.3 Å². The molecule has 0 N–H and O–H groups in total. The molecule has 0 aromatic heterocycles. The van der Waals surface area contributed by atoms with Crippen LogP contribution < -0.4 is 9.64 Å². The molecule has 6 nitrogen and oxygen atoms in total. The molecule has 2 aliphatic heterocycles. The van der Waals surface area contributed by atoms with Crippen molar-refractivity contribution >= 4 is 17.6 Å². The van der Waals surface area contributed by atoms with Crippen LogP contribution in [0.15, 0.2) is 48.5 Å². The van der Waals surface area contributed by atoms with Gasteiger partial charge in [-0.05, 0) is 62.1 Å². The van der Waals surface area contributed by atoms with Crippen molar-refractivity contribution in [2.45, 2.75) is 32.8 Å². The average molecular weight is 423 g/mol. The molecular formula is C25H30N2O4. The van der Waals surface area contributed by atoms with Crippen LogP contribution in [0.25, 0.3) is 0 Å². The zero-order valence-corrected chi connectivity index (χ0v) is 18.1. The molecule has 1 saturated heterocycles. The Labute approximate surface area is 183 Å². The summed E-state index contributed by atoms with van der Waals surface area (Å²) in [5.41, 5.74) is 3.24. The molecule has 2 aromatic carbocycles. The fraction of sp³-hybridized carbons (Fsp3) is 0.440. The number of amides is 1. The number of hydrogen-bond acceptors (Lipinski definition) is 5. The Balaban J connectivity index is 1.34. The second-order valence-electron chi connectivity index (χ2n) is 8.19. The van der Waals surface area contributed by atoms with Crippen LogP contribution >= 0.6 is 0 Å². The molecule has 2 heterocycles. The van der Waals surface area contributed by atoms with Crippen molar-refractivity contribution in [3.8, 4) is 5.75 Å². The van der Waals surface area contributed by atoms with Crippen molar-refractivity contribution in [1.29, 1.82) is 0 Å². The van der Waals surface area contributed by atoms with Crippen LogP contribution in [0.4, 0.5) is 5.69 Å². The normalized spacial score (nSPS) is 18.5.